The summed E-state index contributed by atoms with van der Waals surface area (Å²) < 4.78 is 10.5. The van der Waals surface area contributed by atoms with Crippen LogP contribution in [0.4, 0.5) is 0 Å². The fraction of sp³-hybridized carbons (Fsp3) is 0.333. The molecule has 2 bridgehead atoms. The quantitative estimate of drug-likeness (QED) is 0.465. The molecule has 4 nitrogen and oxygen atoms in total. The van der Waals surface area contributed by atoms with E-state index in [1.807, 2.05) is 0 Å². The monoisotopic (exact) mass is 258 g/mol. The van der Waals surface area contributed by atoms with Crippen LogP contribution in [0.1, 0.15) is 43.2 Å². The molecule has 2 aliphatic rings. The molecule has 0 saturated heterocycles. The molecule has 2 atom stereocenters. The van der Waals surface area contributed by atoms with E-state index in [1.165, 1.54) is 13.8 Å². The minimum absolute atomic E-state index is 0.254. The summed E-state index contributed by atoms with van der Waals surface area (Å²) >= 11 is 0. The Morgan fingerprint density at radius 3 is 1.74 bits per heavy atom. The molecule has 0 heterocycles. The van der Waals surface area contributed by atoms with Crippen molar-refractivity contribution in [2.75, 3.05) is 0 Å². The fourth-order valence-electron chi connectivity index (χ4n) is 2.98. The number of ether oxygens (including phenoxy) is 2. The first kappa shape index (κ1) is 12.0. The van der Waals surface area contributed by atoms with Gasteiger partial charge in [-0.3, -0.25) is 9.59 Å². The molecule has 0 aliphatic heterocycles. The standard InChI is InChI=1S/C15H14O4/c1-8(16)18-12-5-6-13(19-9(2)17)15-11-4-3-10(7-11)14(12)15/h3-6,10-11H,7H2,1-2H3. The molecule has 2 unspecified atom stereocenters. The SMILES string of the molecule is CC(=O)Oc1ccc(OC(C)=O)c2c1C1C=CC2C1. The lowest BCUT2D eigenvalue weighted by atomic mass is 9.95. The third-order valence-corrected chi connectivity index (χ3v) is 3.54. The maximum Gasteiger partial charge on any atom is 0.308 e. The molecule has 0 spiro atoms. The fourth-order valence-corrected chi connectivity index (χ4v) is 2.98. The van der Waals surface area contributed by atoms with E-state index < -0.39 is 0 Å². The highest BCUT2D eigenvalue weighted by Crippen LogP contribution is 2.55. The number of hydrogen-bond donors (Lipinski definition) is 0. The summed E-state index contributed by atoms with van der Waals surface area (Å²) in [5.41, 5.74) is 1.97. The van der Waals surface area contributed by atoms with Crippen LogP contribution < -0.4 is 9.47 Å². The summed E-state index contributed by atoms with van der Waals surface area (Å²) in [6, 6.07) is 3.40. The van der Waals surface area contributed by atoms with Gasteiger partial charge in [0, 0.05) is 36.8 Å². The number of carbonyl (C=O) groups excluding carboxylic acids is 2. The van der Waals surface area contributed by atoms with Crippen LogP contribution in [0.25, 0.3) is 0 Å². The van der Waals surface area contributed by atoms with Gasteiger partial charge < -0.3 is 9.47 Å². The second kappa shape index (κ2) is 4.23. The van der Waals surface area contributed by atoms with E-state index in [4.69, 9.17) is 9.47 Å². The predicted octanol–water partition coefficient (Wildman–Crippen LogP) is 2.68. The summed E-state index contributed by atoms with van der Waals surface area (Å²) in [5, 5.41) is 0. The second-order valence-electron chi connectivity index (χ2n) is 4.91. The van der Waals surface area contributed by atoms with E-state index in [0.717, 1.165) is 17.5 Å². The summed E-state index contributed by atoms with van der Waals surface area (Å²) in [7, 11) is 0. The zero-order valence-corrected chi connectivity index (χ0v) is 10.8. The molecule has 2 aliphatic carbocycles. The molecule has 0 radical (unpaired) electrons. The largest absolute Gasteiger partial charge is 0.426 e. The summed E-state index contributed by atoms with van der Waals surface area (Å²) in [6.07, 6.45) is 5.21. The maximum absolute atomic E-state index is 11.2. The summed E-state index contributed by atoms with van der Waals surface area (Å²) in [4.78, 5) is 22.3. The highest BCUT2D eigenvalue weighted by Gasteiger charge is 2.38. The lowest BCUT2D eigenvalue weighted by molar-refractivity contribution is -0.133. The van der Waals surface area contributed by atoms with Gasteiger partial charge in [-0.1, -0.05) is 12.2 Å². The van der Waals surface area contributed by atoms with Crippen molar-refractivity contribution in [2.45, 2.75) is 32.1 Å². The van der Waals surface area contributed by atoms with Gasteiger partial charge in [0.05, 0.1) is 0 Å². The van der Waals surface area contributed by atoms with Gasteiger partial charge in [-0.2, -0.15) is 0 Å². The van der Waals surface area contributed by atoms with E-state index in [9.17, 15) is 9.59 Å². The number of carbonyl (C=O) groups is 2. The first-order chi connectivity index (χ1) is 9.06. The van der Waals surface area contributed by atoms with Crippen molar-refractivity contribution < 1.29 is 19.1 Å². The molecule has 1 aromatic rings. The Balaban J connectivity index is 2.09. The number of allylic oxidation sites excluding steroid dienone is 2. The molecule has 0 amide bonds. The number of rotatable bonds is 2. The van der Waals surface area contributed by atoms with Crippen LogP contribution in [0, 0.1) is 0 Å². The Hall–Kier alpha value is -2.10. The smallest absolute Gasteiger partial charge is 0.308 e. The summed E-state index contributed by atoms with van der Waals surface area (Å²) in [5.74, 6) is 0.989. The van der Waals surface area contributed by atoms with Crippen molar-refractivity contribution >= 4 is 11.9 Å². The van der Waals surface area contributed by atoms with Crippen LogP contribution in [0.15, 0.2) is 24.3 Å². The number of benzene rings is 1. The average Bonchev–Trinajstić information content (AvgIpc) is 2.91. The second-order valence-corrected chi connectivity index (χ2v) is 4.91. The minimum atomic E-state index is -0.339. The zero-order chi connectivity index (χ0) is 13.6. The first-order valence-electron chi connectivity index (χ1n) is 6.28. The van der Waals surface area contributed by atoms with Gasteiger partial charge in [-0.05, 0) is 18.6 Å². The molecular weight excluding hydrogens is 244 g/mol. The Morgan fingerprint density at radius 1 is 0.947 bits per heavy atom. The van der Waals surface area contributed by atoms with Crippen molar-refractivity contribution in [3.63, 3.8) is 0 Å². The lowest BCUT2D eigenvalue weighted by Gasteiger charge is -2.18. The van der Waals surface area contributed by atoms with Crippen molar-refractivity contribution in [3.05, 3.63) is 35.4 Å². The van der Waals surface area contributed by atoms with Crippen LogP contribution in [0.2, 0.25) is 0 Å². The van der Waals surface area contributed by atoms with Crippen molar-refractivity contribution in [3.8, 4) is 11.5 Å². The van der Waals surface area contributed by atoms with Gasteiger partial charge in [0.2, 0.25) is 0 Å². The first-order valence-corrected chi connectivity index (χ1v) is 6.28. The van der Waals surface area contributed by atoms with Gasteiger partial charge in [0.15, 0.2) is 0 Å². The van der Waals surface area contributed by atoms with Gasteiger partial charge in [0.1, 0.15) is 11.5 Å². The highest BCUT2D eigenvalue weighted by atomic mass is 16.5. The van der Waals surface area contributed by atoms with Gasteiger partial charge >= 0.3 is 11.9 Å². The van der Waals surface area contributed by atoms with Crippen LogP contribution in [0.5, 0.6) is 11.5 Å². The van der Waals surface area contributed by atoms with E-state index in [2.05, 4.69) is 12.2 Å². The van der Waals surface area contributed by atoms with E-state index in [1.54, 1.807) is 12.1 Å². The van der Waals surface area contributed by atoms with Gasteiger partial charge in [-0.15, -0.1) is 0 Å². The average molecular weight is 258 g/mol. The minimum Gasteiger partial charge on any atom is -0.426 e. The van der Waals surface area contributed by atoms with Crippen LogP contribution in [-0.4, -0.2) is 11.9 Å². The topological polar surface area (TPSA) is 52.6 Å². The predicted molar refractivity (Wildman–Crippen MR) is 68.3 cm³/mol. The Morgan fingerprint density at radius 2 is 1.37 bits per heavy atom. The molecule has 3 rings (SSSR count). The Labute approximate surface area is 111 Å². The Bertz CT molecular complexity index is 549. The molecule has 0 saturated carbocycles. The molecule has 1 aromatic carbocycles. The third kappa shape index (κ3) is 1.93. The summed E-state index contributed by atoms with van der Waals surface area (Å²) in [6.45, 7) is 2.77. The van der Waals surface area contributed by atoms with E-state index in [0.29, 0.717) is 11.5 Å². The molecule has 0 fully saturated rings. The van der Waals surface area contributed by atoms with E-state index in [-0.39, 0.29) is 23.8 Å². The molecule has 4 heteroatoms. The van der Waals surface area contributed by atoms with Crippen molar-refractivity contribution in [2.24, 2.45) is 0 Å². The number of fused-ring (bicyclic) bond motifs is 5. The van der Waals surface area contributed by atoms with Gasteiger partial charge in [-0.25, -0.2) is 0 Å². The van der Waals surface area contributed by atoms with Crippen LogP contribution in [-0.2, 0) is 9.59 Å². The molecular formula is C15H14O4. The molecule has 19 heavy (non-hydrogen) atoms. The molecule has 0 N–H and O–H groups in total. The third-order valence-electron chi connectivity index (χ3n) is 3.54. The molecule has 0 aromatic heterocycles. The van der Waals surface area contributed by atoms with Crippen LogP contribution >= 0.6 is 0 Å². The number of hydrogen-bond acceptors (Lipinski definition) is 4. The number of esters is 2. The van der Waals surface area contributed by atoms with E-state index >= 15 is 0 Å². The van der Waals surface area contributed by atoms with Crippen LogP contribution in [0.3, 0.4) is 0 Å². The normalized spacial score (nSPS) is 22.2. The zero-order valence-electron chi connectivity index (χ0n) is 10.8. The maximum atomic E-state index is 11.2. The van der Waals surface area contributed by atoms with Crippen molar-refractivity contribution in [1.82, 2.24) is 0 Å². The lowest BCUT2D eigenvalue weighted by Crippen LogP contribution is -2.09. The highest BCUT2D eigenvalue weighted by molar-refractivity contribution is 5.74. The van der Waals surface area contributed by atoms with Crippen molar-refractivity contribution in [1.29, 1.82) is 0 Å². The van der Waals surface area contributed by atoms with Gasteiger partial charge in [0.25, 0.3) is 0 Å². The molecule has 98 valence electrons. The Kier molecular flexibility index (Phi) is 2.66.